The smallest absolute Gasteiger partial charge is 0.175 e. The Bertz CT molecular complexity index is 278. The fraction of sp³-hybridized carbons (Fsp3) is 0.700. The molecule has 0 heterocycles. The zero-order chi connectivity index (χ0) is 9.57. The van der Waals surface area contributed by atoms with Gasteiger partial charge in [-0.05, 0) is 6.42 Å². The van der Waals surface area contributed by atoms with Crippen LogP contribution in [0.3, 0.4) is 0 Å². The second-order valence-electron chi connectivity index (χ2n) is 4.75. The Kier molecular flexibility index (Phi) is 1.77. The third kappa shape index (κ3) is 1.12. The van der Waals surface area contributed by atoms with Crippen LogP contribution in [0.15, 0.2) is 5.57 Å². The summed E-state index contributed by atoms with van der Waals surface area (Å²) in [5.74, 6) is 1.74. The molecular weight excluding hydrogens is 152 g/mol. The molecule has 1 saturated carbocycles. The molecular formula is C10H14O2. The summed E-state index contributed by atoms with van der Waals surface area (Å²) >= 11 is 0. The Morgan fingerprint density at radius 1 is 1.17 bits per heavy atom. The number of hydrogen-bond donors (Lipinski definition) is 0. The van der Waals surface area contributed by atoms with E-state index in [-0.39, 0.29) is 16.6 Å². The highest BCUT2D eigenvalue weighted by Crippen LogP contribution is 2.48. The highest BCUT2D eigenvalue weighted by atomic mass is 16.1. The summed E-state index contributed by atoms with van der Waals surface area (Å²) in [6.45, 7) is 7.59. The van der Waals surface area contributed by atoms with Crippen LogP contribution in [0.5, 0.6) is 0 Å². The van der Waals surface area contributed by atoms with Gasteiger partial charge in [0.25, 0.3) is 0 Å². The van der Waals surface area contributed by atoms with Crippen LogP contribution in [0.25, 0.3) is 0 Å². The highest BCUT2D eigenvalue weighted by molar-refractivity contribution is 6.08. The van der Waals surface area contributed by atoms with Crippen LogP contribution in [0.1, 0.15) is 34.1 Å². The van der Waals surface area contributed by atoms with Crippen LogP contribution >= 0.6 is 0 Å². The molecule has 2 heteroatoms. The molecule has 12 heavy (non-hydrogen) atoms. The van der Waals surface area contributed by atoms with Crippen molar-refractivity contribution in [2.24, 2.45) is 10.8 Å². The SMILES string of the molecule is CC1(C)CC(C)(C)C(=C=O)C1=O. The molecule has 2 nitrogen and oxygen atoms in total. The molecule has 0 spiro atoms. The van der Waals surface area contributed by atoms with Gasteiger partial charge in [-0.3, -0.25) is 4.79 Å². The van der Waals surface area contributed by atoms with Crippen LogP contribution in [0.4, 0.5) is 0 Å². The van der Waals surface area contributed by atoms with Gasteiger partial charge in [-0.25, -0.2) is 4.79 Å². The Morgan fingerprint density at radius 3 is 1.83 bits per heavy atom. The van der Waals surface area contributed by atoms with Crippen molar-refractivity contribution in [2.75, 3.05) is 0 Å². The van der Waals surface area contributed by atoms with E-state index in [4.69, 9.17) is 0 Å². The van der Waals surface area contributed by atoms with Crippen LogP contribution in [-0.2, 0) is 9.59 Å². The average molecular weight is 166 g/mol. The highest BCUT2D eigenvalue weighted by Gasteiger charge is 2.48. The topological polar surface area (TPSA) is 34.1 Å². The van der Waals surface area contributed by atoms with Crippen LogP contribution in [0.2, 0.25) is 0 Å². The fourth-order valence-corrected chi connectivity index (χ4v) is 2.10. The predicted octanol–water partition coefficient (Wildman–Crippen LogP) is 1.77. The first-order chi connectivity index (χ1) is 5.31. The van der Waals surface area contributed by atoms with E-state index < -0.39 is 0 Å². The maximum Gasteiger partial charge on any atom is 0.175 e. The quantitative estimate of drug-likeness (QED) is 0.406. The summed E-state index contributed by atoms with van der Waals surface area (Å²) in [6, 6.07) is 0. The van der Waals surface area contributed by atoms with Crippen molar-refractivity contribution in [3.05, 3.63) is 5.57 Å². The summed E-state index contributed by atoms with van der Waals surface area (Å²) in [4.78, 5) is 22.1. The number of allylic oxidation sites excluding steroid dienone is 1. The first-order valence-corrected chi connectivity index (χ1v) is 4.12. The van der Waals surface area contributed by atoms with Gasteiger partial charge < -0.3 is 0 Å². The molecule has 0 aromatic carbocycles. The van der Waals surface area contributed by atoms with E-state index in [1.54, 1.807) is 5.94 Å². The summed E-state index contributed by atoms with van der Waals surface area (Å²) in [5.41, 5.74) is -0.342. The lowest BCUT2D eigenvalue weighted by atomic mass is 9.84. The van der Waals surface area contributed by atoms with Crippen molar-refractivity contribution < 1.29 is 9.59 Å². The van der Waals surface area contributed by atoms with Crippen molar-refractivity contribution in [2.45, 2.75) is 34.1 Å². The lowest BCUT2D eigenvalue weighted by molar-refractivity contribution is -0.121. The van der Waals surface area contributed by atoms with Crippen molar-refractivity contribution in [3.63, 3.8) is 0 Å². The van der Waals surface area contributed by atoms with E-state index in [9.17, 15) is 9.59 Å². The molecule has 0 radical (unpaired) electrons. The monoisotopic (exact) mass is 166 g/mol. The molecule has 0 atom stereocenters. The zero-order valence-corrected chi connectivity index (χ0v) is 8.02. The van der Waals surface area contributed by atoms with Crippen molar-refractivity contribution in [1.29, 1.82) is 0 Å². The molecule has 0 bridgehead atoms. The van der Waals surface area contributed by atoms with Crippen molar-refractivity contribution >= 4 is 11.7 Å². The minimum atomic E-state index is -0.379. The molecule has 1 aliphatic rings. The molecule has 1 rings (SSSR count). The van der Waals surface area contributed by atoms with Gasteiger partial charge in [0.2, 0.25) is 0 Å². The number of ketones is 1. The zero-order valence-electron chi connectivity index (χ0n) is 8.02. The van der Waals surface area contributed by atoms with Crippen molar-refractivity contribution in [3.8, 4) is 0 Å². The van der Waals surface area contributed by atoms with Gasteiger partial charge in [0.1, 0.15) is 5.94 Å². The van der Waals surface area contributed by atoms with E-state index in [1.165, 1.54) is 0 Å². The Labute approximate surface area is 72.7 Å². The Balaban J connectivity index is 3.23. The normalized spacial score (nSPS) is 25.7. The van der Waals surface area contributed by atoms with E-state index in [0.29, 0.717) is 5.57 Å². The minimum Gasteiger partial charge on any atom is -0.293 e. The Hall–Kier alpha value is -0.880. The number of carbonyl (C=O) groups excluding carboxylic acids is 2. The molecule has 0 aromatic heterocycles. The fourth-order valence-electron chi connectivity index (χ4n) is 2.10. The van der Waals surface area contributed by atoms with Gasteiger partial charge in [0.05, 0.1) is 5.57 Å². The van der Waals surface area contributed by atoms with Crippen molar-refractivity contribution in [1.82, 2.24) is 0 Å². The largest absolute Gasteiger partial charge is 0.293 e. The van der Waals surface area contributed by atoms with Crippen LogP contribution in [0, 0.1) is 10.8 Å². The van der Waals surface area contributed by atoms with E-state index in [0.717, 1.165) is 6.42 Å². The molecule has 0 aromatic rings. The molecule has 66 valence electrons. The number of hydrogen-bond acceptors (Lipinski definition) is 2. The lowest BCUT2D eigenvalue weighted by Crippen LogP contribution is -2.17. The predicted molar refractivity (Wildman–Crippen MR) is 46.4 cm³/mol. The summed E-state index contributed by atoms with van der Waals surface area (Å²) in [6.07, 6.45) is 0.739. The van der Waals surface area contributed by atoms with E-state index >= 15 is 0 Å². The second kappa shape index (κ2) is 2.30. The van der Waals surface area contributed by atoms with Gasteiger partial charge in [-0.15, -0.1) is 0 Å². The number of carbonyl (C=O) groups is 1. The molecule has 0 saturated heterocycles. The van der Waals surface area contributed by atoms with E-state index in [1.807, 2.05) is 27.7 Å². The third-order valence-electron chi connectivity index (χ3n) is 2.50. The molecule has 0 unspecified atom stereocenters. The van der Waals surface area contributed by atoms with Gasteiger partial charge >= 0.3 is 0 Å². The third-order valence-corrected chi connectivity index (χ3v) is 2.50. The first-order valence-electron chi connectivity index (χ1n) is 4.12. The van der Waals surface area contributed by atoms with Gasteiger partial charge in [-0.1, -0.05) is 27.7 Å². The summed E-state index contributed by atoms with van der Waals surface area (Å²) in [7, 11) is 0. The van der Waals surface area contributed by atoms with Crippen LogP contribution < -0.4 is 0 Å². The minimum absolute atomic E-state index is 0.0394. The van der Waals surface area contributed by atoms with Gasteiger partial charge in [-0.2, -0.15) is 0 Å². The molecule has 0 amide bonds. The lowest BCUT2D eigenvalue weighted by Gasteiger charge is -2.18. The summed E-state index contributed by atoms with van der Waals surface area (Å²) in [5, 5.41) is 0. The molecule has 1 aliphatic carbocycles. The van der Waals surface area contributed by atoms with Gasteiger partial charge in [0, 0.05) is 10.8 Å². The average Bonchev–Trinajstić information content (AvgIpc) is 1.98. The first kappa shape index (κ1) is 9.21. The maximum absolute atomic E-state index is 11.6. The summed E-state index contributed by atoms with van der Waals surface area (Å²) < 4.78 is 0. The standard InChI is InChI=1S/C10H14O2/c1-9(2)6-10(3,4)8(12)7(9)5-11/h6H2,1-4H3. The Morgan fingerprint density at radius 2 is 1.67 bits per heavy atom. The van der Waals surface area contributed by atoms with E-state index in [2.05, 4.69) is 0 Å². The second-order valence-corrected chi connectivity index (χ2v) is 4.75. The number of Topliss-reactive ketones (excluding diaryl/α,β-unsaturated/α-hetero) is 1. The maximum atomic E-state index is 11.6. The van der Waals surface area contributed by atoms with Gasteiger partial charge in [0.15, 0.2) is 5.78 Å². The molecule has 0 aliphatic heterocycles. The molecule has 0 N–H and O–H groups in total. The molecule has 1 fully saturated rings. The van der Waals surface area contributed by atoms with Crippen LogP contribution in [-0.4, -0.2) is 11.7 Å². The number of rotatable bonds is 0.